The molecule has 3 rings (SSSR count). The highest BCUT2D eigenvalue weighted by molar-refractivity contribution is 7.99. The first-order valence-corrected chi connectivity index (χ1v) is 10.7. The van der Waals surface area contributed by atoms with E-state index in [0.29, 0.717) is 24.3 Å². The zero-order valence-corrected chi connectivity index (χ0v) is 16.9. The van der Waals surface area contributed by atoms with E-state index in [1.165, 1.54) is 12.1 Å². The van der Waals surface area contributed by atoms with E-state index in [2.05, 4.69) is 15.5 Å². The number of H-pyrrole nitrogens is 1. The summed E-state index contributed by atoms with van der Waals surface area (Å²) in [4.78, 5) is 14.1. The lowest BCUT2D eigenvalue weighted by molar-refractivity contribution is -0.121. The Hall–Kier alpha value is -1.97. The molecule has 1 aromatic carbocycles. The lowest BCUT2D eigenvalue weighted by atomic mass is 10.3. The SMILES string of the molecule is O=C(CCn1c(-c2cccs2)n[nH]c1=S)NCCCSc1ccc(F)cc1. The second-order valence-corrected chi connectivity index (χ2v) is 8.24. The highest BCUT2D eigenvalue weighted by Gasteiger charge is 2.11. The van der Waals surface area contributed by atoms with Crippen LogP contribution in [0.1, 0.15) is 12.8 Å². The van der Waals surface area contributed by atoms with Crippen LogP contribution in [0.5, 0.6) is 0 Å². The second-order valence-electron chi connectivity index (χ2n) is 5.74. The average molecular weight is 423 g/mol. The molecule has 9 heteroatoms. The molecule has 27 heavy (non-hydrogen) atoms. The highest BCUT2D eigenvalue weighted by Crippen LogP contribution is 2.23. The van der Waals surface area contributed by atoms with E-state index in [4.69, 9.17) is 12.2 Å². The van der Waals surface area contributed by atoms with Gasteiger partial charge >= 0.3 is 0 Å². The number of thiophene rings is 1. The molecule has 142 valence electrons. The molecule has 0 fully saturated rings. The summed E-state index contributed by atoms with van der Waals surface area (Å²) in [5.74, 6) is 1.38. The number of nitrogens with one attached hydrogen (secondary N) is 2. The summed E-state index contributed by atoms with van der Waals surface area (Å²) in [6.07, 6.45) is 1.19. The van der Waals surface area contributed by atoms with Crippen molar-refractivity contribution in [3.05, 3.63) is 52.4 Å². The van der Waals surface area contributed by atoms with Crippen LogP contribution in [0.3, 0.4) is 0 Å². The third-order valence-electron chi connectivity index (χ3n) is 3.79. The number of benzene rings is 1. The molecule has 0 unspecified atom stereocenters. The van der Waals surface area contributed by atoms with E-state index in [1.807, 2.05) is 22.1 Å². The Balaban J connectivity index is 1.38. The standard InChI is InChI=1S/C18H19FN4OS3/c19-13-4-6-14(7-5-13)26-12-2-9-20-16(24)8-10-23-17(21-22-18(23)25)15-3-1-11-27-15/h1,3-7,11H,2,8-10,12H2,(H,20,24)(H,22,25). The van der Waals surface area contributed by atoms with E-state index in [1.54, 1.807) is 35.2 Å². The normalized spacial score (nSPS) is 10.9. The van der Waals surface area contributed by atoms with Gasteiger partial charge in [-0.05, 0) is 60.1 Å². The van der Waals surface area contributed by atoms with Gasteiger partial charge in [-0.1, -0.05) is 6.07 Å². The van der Waals surface area contributed by atoms with Gasteiger partial charge in [0.15, 0.2) is 10.6 Å². The predicted octanol–water partition coefficient (Wildman–Crippen LogP) is 4.50. The van der Waals surface area contributed by atoms with Crippen LogP contribution in [-0.2, 0) is 11.3 Å². The maximum Gasteiger partial charge on any atom is 0.221 e. The minimum atomic E-state index is -0.230. The number of thioether (sulfide) groups is 1. The minimum Gasteiger partial charge on any atom is -0.356 e. The fourth-order valence-electron chi connectivity index (χ4n) is 2.44. The van der Waals surface area contributed by atoms with Crippen molar-refractivity contribution in [2.75, 3.05) is 12.3 Å². The van der Waals surface area contributed by atoms with Crippen molar-refractivity contribution >= 4 is 41.2 Å². The molecule has 0 aliphatic carbocycles. The molecule has 2 heterocycles. The van der Waals surface area contributed by atoms with Crippen molar-refractivity contribution in [1.82, 2.24) is 20.1 Å². The lowest BCUT2D eigenvalue weighted by Gasteiger charge is -2.07. The maximum atomic E-state index is 12.9. The van der Waals surface area contributed by atoms with Crippen LogP contribution in [0.2, 0.25) is 0 Å². The molecule has 0 radical (unpaired) electrons. The summed E-state index contributed by atoms with van der Waals surface area (Å²) < 4.78 is 15.2. The number of carbonyl (C=O) groups excluding carboxylic acids is 1. The van der Waals surface area contributed by atoms with Crippen molar-refractivity contribution in [3.8, 4) is 10.7 Å². The number of nitrogens with zero attached hydrogens (tertiary/aromatic N) is 2. The molecule has 0 saturated heterocycles. The topological polar surface area (TPSA) is 62.7 Å². The van der Waals surface area contributed by atoms with E-state index >= 15 is 0 Å². The number of aromatic amines is 1. The minimum absolute atomic E-state index is 0.0120. The largest absolute Gasteiger partial charge is 0.356 e. The Morgan fingerprint density at radius 2 is 2.15 bits per heavy atom. The number of amides is 1. The molecule has 2 aromatic heterocycles. The fourth-order valence-corrected chi connectivity index (χ4v) is 4.24. The number of rotatable bonds is 9. The zero-order chi connectivity index (χ0) is 19.1. The van der Waals surface area contributed by atoms with E-state index < -0.39 is 0 Å². The summed E-state index contributed by atoms with van der Waals surface area (Å²) in [7, 11) is 0. The van der Waals surface area contributed by atoms with Gasteiger partial charge in [0, 0.05) is 24.4 Å². The lowest BCUT2D eigenvalue weighted by Crippen LogP contribution is -2.25. The third kappa shape index (κ3) is 5.75. The molecular weight excluding hydrogens is 403 g/mol. The molecular formula is C18H19FN4OS3. The highest BCUT2D eigenvalue weighted by atomic mass is 32.2. The Morgan fingerprint density at radius 3 is 2.89 bits per heavy atom. The Morgan fingerprint density at radius 1 is 1.33 bits per heavy atom. The fraction of sp³-hybridized carbons (Fsp3) is 0.278. The van der Waals surface area contributed by atoms with Crippen LogP contribution < -0.4 is 5.32 Å². The summed E-state index contributed by atoms with van der Waals surface area (Å²) in [5.41, 5.74) is 0. The van der Waals surface area contributed by atoms with Crippen molar-refractivity contribution < 1.29 is 9.18 Å². The summed E-state index contributed by atoms with van der Waals surface area (Å²) in [6.45, 7) is 1.10. The van der Waals surface area contributed by atoms with Crippen LogP contribution in [0.4, 0.5) is 4.39 Å². The molecule has 0 spiro atoms. The molecule has 0 saturated carbocycles. The second kappa shape index (κ2) is 9.82. The first-order valence-electron chi connectivity index (χ1n) is 8.47. The third-order valence-corrected chi connectivity index (χ3v) is 6.06. The molecule has 0 atom stereocenters. The quantitative estimate of drug-likeness (QED) is 0.303. The smallest absolute Gasteiger partial charge is 0.221 e. The van der Waals surface area contributed by atoms with Gasteiger partial charge in [0.05, 0.1) is 4.88 Å². The van der Waals surface area contributed by atoms with Crippen LogP contribution in [0, 0.1) is 10.6 Å². The van der Waals surface area contributed by atoms with E-state index in [0.717, 1.165) is 27.8 Å². The maximum absolute atomic E-state index is 12.9. The van der Waals surface area contributed by atoms with Crippen LogP contribution in [-0.4, -0.2) is 33.0 Å². The molecule has 0 aliphatic heterocycles. The van der Waals surface area contributed by atoms with E-state index in [-0.39, 0.29) is 11.7 Å². The summed E-state index contributed by atoms with van der Waals surface area (Å²) in [5, 5.41) is 12.0. The van der Waals surface area contributed by atoms with Gasteiger partial charge < -0.3 is 5.32 Å². The van der Waals surface area contributed by atoms with E-state index in [9.17, 15) is 9.18 Å². The number of halogens is 1. The van der Waals surface area contributed by atoms with Gasteiger partial charge in [0.2, 0.25) is 5.91 Å². The predicted molar refractivity (Wildman–Crippen MR) is 110 cm³/mol. The van der Waals surface area contributed by atoms with Crippen molar-refractivity contribution in [3.63, 3.8) is 0 Å². The van der Waals surface area contributed by atoms with Crippen molar-refractivity contribution in [1.29, 1.82) is 0 Å². The first kappa shape index (κ1) is 19.8. The average Bonchev–Trinajstić information content (AvgIpc) is 3.31. The van der Waals surface area contributed by atoms with Crippen LogP contribution in [0.15, 0.2) is 46.7 Å². The molecule has 3 aromatic rings. The Labute approximate surface area is 170 Å². The number of hydrogen-bond donors (Lipinski definition) is 2. The molecule has 0 aliphatic rings. The van der Waals surface area contributed by atoms with Crippen molar-refractivity contribution in [2.24, 2.45) is 0 Å². The zero-order valence-electron chi connectivity index (χ0n) is 14.5. The molecule has 0 bridgehead atoms. The summed E-state index contributed by atoms with van der Waals surface area (Å²) in [6, 6.07) is 10.4. The van der Waals surface area contributed by atoms with Crippen LogP contribution >= 0.6 is 35.3 Å². The Bertz CT molecular complexity index is 919. The number of aromatic nitrogens is 3. The van der Waals surface area contributed by atoms with Crippen LogP contribution in [0.25, 0.3) is 10.7 Å². The molecule has 2 N–H and O–H groups in total. The van der Waals surface area contributed by atoms with Gasteiger partial charge in [-0.3, -0.25) is 14.5 Å². The Kier molecular flexibility index (Phi) is 7.19. The van der Waals surface area contributed by atoms with Gasteiger partial charge in [-0.2, -0.15) is 5.10 Å². The van der Waals surface area contributed by atoms with Gasteiger partial charge in [0.25, 0.3) is 0 Å². The number of carbonyl (C=O) groups is 1. The monoisotopic (exact) mass is 422 g/mol. The van der Waals surface area contributed by atoms with Gasteiger partial charge in [-0.25, -0.2) is 4.39 Å². The number of hydrogen-bond acceptors (Lipinski definition) is 5. The van der Waals surface area contributed by atoms with Crippen molar-refractivity contribution in [2.45, 2.75) is 24.3 Å². The first-order chi connectivity index (χ1) is 13.1. The molecule has 1 amide bonds. The summed E-state index contributed by atoms with van der Waals surface area (Å²) >= 11 is 8.50. The molecule has 5 nitrogen and oxygen atoms in total. The van der Waals surface area contributed by atoms with Gasteiger partial charge in [-0.15, -0.1) is 23.1 Å². The van der Waals surface area contributed by atoms with Gasteiger partial charge in [0.1, 0.15) is 5.82 Å².